The average Bonchev–Trinajstić information content (AvgIpc) is 3.26. The summed E-state index contributed by atoms with van der Waals surface area (Å²) in [4.78, 5) is 0. The van der Waals surface area contributed by atoms with Gasteiger partial charge in [-0.05, 0) is 53.9 Å². The van der Waals surface area contributed by atoms with Gasteiger partial charge in [-0.1, -0.05) is 48.5 Å². The highest BCUT2D eigenvalue weighted by Crippen LogP contribution is 2.42. The first-order valence-corrected chi connectivity index (χ1v) is 10.8. The van der Waals surface area contributed by atoms with E-state index in [-0.39, 0.29) is 11.3 Å². The van der Waals surface area contributed by atoms with Crippen molar-refractivity contribution in [2.75, 3.05) is 0 Å². The first kappa shape index (κ1) is 15.7. The van der Waals surface area contributed by atoms with E-state index in [0.29, 0.717) is 38.6 Å². The first-order valence-electron chi connectivity index (χ1n) is 13.3. The van der Waals surface area contributed by atoms with Gasteiger partial charge in [-0.25, -0.2) is 13.3 Å². The van der Waals surface area contributed by atoms with E-state index in [2.05, 4.69) is 0 Å². The van der Waals surface area contributed by atoms with E-state index >= 15 is 8.78 Å². The Morgan fingerprint density at radius 3 is 2.35 bits per heavy atom. The van der Waals surface area contributed by atoms with Gasteiger partial charge in [0.2, 0.25) is 5.69 Å². The summed E-state index contributed by atoms with van der Waals surface area (Å²) >= 11 is 0. The van der Waals surface area contributed by atoms with Crippen LogP contribution in [0.2, 0.25) is 0 Å². The van der Waals surface area contributed by atoms with Gasteiger partial charge in [0.05, 0.1) is 12.5 Å². The molecule has 0 radical (unpaired) electrons. The third-order valence-electron chi connectivity index (χ3n) is 6.30. The van der Waals surface area contributed by atoms with Crippen LogP contribution >= 0.6 is 0 Å². The average molecular weight is 456 g/mol. The minimum absolute atomic E-state index is 0.000355. The molecule has 0 fully saturated rings. The summed E-state index contributed by atoms with van der Waals surface area (Å²) in [5.41, 5.74) is 1.65. The molecule has 34 heavy (non-hydrogen) atoms. The molecular formula is C30H22F2NO+. The molecule has 0 bridgehead atoms. The lowest BCUT2D eigenvalue weighted by atomic mass is 9.97. The molecule has 6 aromatic rings. The molecule has 0 saturated heterocycles. The smallest absolute Gasteiger partial charge is 0.219 e. The van der Waals surface area contributed by atoms with Gasteiger partial charge in [-0.3, -0.25) is 0 Å². The summed E-state index contributed by atoms with van der Waals surface area (Å²) in [5.74, 6) is -1.74. The molecule has 2 nitrogen and oxygen atoms in total. The molecule has 0 saturated carbocycles. The van der Waals surface area contributed by atoms with Crippen molar-refractivity contribution in [3.63, 3.8) is 0 Å². The van der Waals surface area contributed by atoms with E-state index in [0.717, 1.165) is 10.8 Å². The number of halogens is 2. The van der Waals surface area contributed by atoms with E-state index in [1.165, 1.54) is 17.7 Å². The van der Waals surface area contributed by atoms with Crippen LogP contribution in [-0.2, 0) is 7.05 Å². The van der Waals surface area contributed by atoms with Crippen LogP contribution in [0, 0.1) is 25.4 Å². The lowest BCUT2D eigenvalue weighted by Crippen LogP contribution is -2.31. The number of aromatic nitrogens is 1. The van der Waals surface area contributed by atoms with Crippen molar-refractivity contribution in [2.45, 2.75) is 13.8 Å². The Kier molecular flexibility index (Phi) is 3.46. The molecule has 0 unspecified atom stereocenters. The molecule has 2 aromatic heterocycles. The number of hydrogen-bond donors (Lipinski definition) is 0. The van der Waals surface area contributed by atoms with Gasteiger partial charge < -0.3 is 4.42 Å². The monoisotopic (exact) mass is 455 g/mol. The topological polar surface area (TPSA) is 17.0 Å². The van der Waals surface area contributed by atoms with E-state index in [4.69, 9.17) is 11.3 Å². The molecule has 0 aliphatic rings. The second kappa shape index (κ2) is 7.49. The number of aryl methyl sites for hydroxylation is 1. The molecule has 0 amide bonds. The Morgan fingerprint density at radius 2 is 1.56 bits per heavy atom. The van der Waals surface area contributed by atoms with Gasteiger partial charge in [0, 0.05) is 26.5 Å². The van der Waals surface area contributed by atoms with Crippen LogP contribution in [0.3, 0.4) is 0 Å². The fourth-order valence-corrected chi connectivity index (χ4v) is 4.64. The zero-order valence-corrected chi connectivity index (χ0v) is 18.5. The maximum atomic E-state index is 15.4. The molecule has 0 N–H and O–H groups in total. The fourth-order valence-electron chi connectivity index (χ4n) is 4.64. The molecule has 4 heteroatoms. The Labute approximate surface area is 202 Å². The lowest BCUT2D eigenvalue weighted by Gasteiger charge is -2.07. The normalized spacial score (nSPS) is 14.2. The molecule has 0 spiro atoms. The van der Waals surface area contributed by atoms with Gasteiger partial charge in [0.1, 0.15) is 31.2 Å². The Balaban J connectivity index is 1.69. The zero-order valence-electron chi connectivity index (χ0n) is 23.5. The van der Waals surface area contributed by atoms with Crippen molar-refractivity contribution in [1.29, 1.82) is 0 Å². The van der Waals surface area contributed by atoms with Crippen molar-refractivity contribution in [3.8, 4) is 22.4 Å². The summed E-state index contributed by atoms with van der Waals surface area (Å²) < 4.78 is 78.2. The van der Waals surface area contributed by atoms with Gasteiger partial charge >= 0.3 is 0 Å². The third kappa shape index (κ3) is 3.02. The minimum Gasteiger partial charge on any atom is -0.454 e. The number of hydrogen-bond acceptors (Lipinski definition) is 1. The van der Waals surface area contributed by atoms with E-state index in [1.807, 2.05) is 48.5 Å². The predicted octanol–water partition coefficient (Wildman–Crippen LogP) is 7.79. The molecule has 166 valence electrons. The van der Waals surface area contributed by atoms with E-state index < -0.39 is 36.3 Å². The highest BCUT2D eigenvalue weighted by atomic mass is 19.1. The van der Waals surface area contributed by atoms with E-state index in [1.54, 1.807) is 19.1 Å². The number of fused-ring (bicyclic) bond motifs is 4. The van der Waals surface area contributed by atoms with Crippen molar-refractivity contribution < 1.29 is 24.6 Å². The van der Waals surface area contributed by atoms with Crippen LogP contribution in [0.5, 0.6) is 0 Å². The maximum Gasteiger partial charge on any atom is 0.219 e. The number of rotatable bonds is 2. The van der Waals surface area contributed by atoms with Crippen LogP contribution in [0.1, 0.15) is 18.0 Å². The van der Waals surface area contributed by atoms with Crippen molar-refractivity contribution >= 4 is 32.7 Å². The largest absolute Gasteiger partial charge is 0.454 e. The van der Waals surface area contributed by atoms with Crippen LogP contribution in [0.25, 0.3) is 55.1 Å². The van der Waals surface area contributed by atoms with Crippen molar-refractivity contribution in [3.05, 3.63) is 102 Å². The first-order chi connectivity index (χ1) is 18.5. The van der Waals surface area contributed by atoms with Crippen molar-refractivity contribution in [2.24, 2.45) is 7.05 Å². The quantitative estimate of drug-likeness (QED) is 0.244. The Morgan fingerprint density at radius 1 is 0.824 bits per heavy atom. The second-order valence-electron chi connectivity index (χ2n) is 8.43. The second-order valence-corrected chi connectivity index (χ2v) is 8.43. The zero-order chi connectivity index (χ0) is 27.8. The maximum absolute atomic E-state index is 15.4. The minimum atomic E-state index is -2.90. The standard InChI is InChI=1S/C30H22F2NO/c1-17-8-11-22-23-12-13-24(31)28(21-10-9-19-6-4-5-7-20(19)14-21)30(23)34-29(22)27(17)26-15-25(32)18(2)16-33(26)3/h4-16H,1-3H3/q+1/i2D3,15D,16D. The molecule has 4 aromatic carbocycles. The Bertz CT molecular complexity index is 1950. The van der Waals surface area contributed by atoms with Crippen LogP contribution < -0.4 is 4.57 Å². The molecule has 0 atom stereocenters. The summed E-state index contributed by atoms with van der Waals surface area (Å²) in [6, 6.07) is 19.4. The summed E-state index contributed by atoms with van der Waals surface area (Å²) in [5, 5.41) is 3.22. The SMILES string of the molecule is [2H]c1c(F)c(C([2H])([2H])[2H])c([2H])[n+](C)c1-c1c(C)ccc2c1oc1c(-c3ccc4ccccc4c3)c(F)ccc12. The highest BCUT2D eigenvalue weighted by Gasteiger charge is 2.24. The van der Waals surface area contributed by atoms with Crippen LogP contribution in [0.15, 0.2) is 83.4 Å². The van der Waals surface area contributed by atoms with Gasteiger partial charge in [0.15, 0.2) is 6.17 Å². The van der Waals surface area contributed by atoms with Crippen molar-refractivity contribution in [1.82, 2.24) is 0 Å². The predicted molar refractivity (Wildman–Crippen MR) is 133 cm³/mol. The van der Waals surface area contributed by atoms with Gasteiger partial charge in [-0.2, -0.15) is 0 Å². The Hall–Kier alpha value is -4.05. The summed E-state index contributed by atoms with van der Waals surface area (Å²) in [6.45, 7) is -1.15. The number of pyridine rings is 1. The van der Waals surface area contributed by atoms with Crippen LogP contribution in [-0.4, -0.2) is 0 Å². The molecular weight excluding hydrogens is 428 g/mol. The lowest BCUT2D eigenvalue weighted by molar-refractivity contribution is -0.661. The summed E-state index contributed by atoms with van der Waals surface area (Å²) in [7, 11) is 1.42. The van der Waals surface area contributed by atoms with E-state index in [9.17, 15) is 0 Å². The number of nitrogens with zero attached hydrogens (tertiary/aromatic N) is 1. The van der Waals surface area contributed by atoms with Crippen LogP contribution in [0.4, 0.5) is 8.78 Å². The number of benzene rings is 4. The third-order valence-corrected chi connectivity index (χ3v) is 6.30. The van der Waals surface area contributed by atoms with Gasteiger partial charge in [0.25, 0.3) is 0 Å². The molecule has 6 rings (SSSR count). The molecule has 0 aliphatic carbocycles. The summed E-state index contributed by atoms with van der Waals surface area (Å²) in [6.07, 6.45) is -0.561. The number of furan rings is 1. The highest BCUT2D eigenvalue weighted by molar-refractivity contribution is 6.13. The molecule has 2 heterocycles. The fraction of sp³-hybridized carbons (Fsp3) is 0.100. The molecule has 0 aliphatic heterocycles. The van der Waals surface area contributed by atoms with Gasteiger partial charge in [-0.15, -0.1) is 0 Å².